The lowest BCUT2D eigenvalue weighted by molar-refractivity contribution is 0.0995. The number of aromatic nitrogens is 2. The summed E-state index contributed by atoms with van der Waals surface area (Å²) < 4.78 is 0. The summed E-state index contributed by atoms with van der Waals surface area (Å²) in [7, 11) is 0. The van der Waals surface area contributed by atoms with E-state index in [0.717, 1.165) is 25.3 Å². The number of primary amides is 1. The summed E-state index contributed by atoms with van der Waals surface area (Å²) in [5.74, 6) is 0.237. The minimum Gasteiger partial charge on any atom is -0.364 e. The third-order valence-corrected chi connectivity index (χ3v) is 3.00. The van der Waals surface area contributed by atoms with Gasteiger partial charge in [0.2, 0.25) is 0 Å². The van der Waals surface area contributed by atoms with Crippen molar-refractivity contribution < 1.29 is 4.79 Å². The average Bonchev–Trinajstić information content (AvgIpc) is 2.38. The minimum absolute atomic E-state index is 0.197. The number of hydrogen-bond acceptors (Lipinski definition) is 4. The molecule has 1 aliphatic rings. The highest BCUT2D eigenvalue weighted by atomic mass is 16.1. The normalized spacial score (nSPS) is 15.8. The van der Waals surface area contributed by atoms with Crippen LogP contribution in [0.15, 0.2) is 25.0 Å². The van der Waals surface area contributed by atoms with E-state index >= 15 is 0 Å². The van der Waals surface area contributed by atoms with Gasteiger partial charge in [-0.05, 0) is 6.42 Å². The zero-order chi connectivity index (χ0) is 14.5. The molecule has 1 aromatic rings. The van der Waals surface area contributed by atoms with Crippen molar-refractivity contribution in [3.63, 3.8) is 0 Å². The summed E-state index contributed by atoms with van der Waals surface area (Å²) in [6.45, 7) is 11.8. The molecule has 2 N–H and O–H groups in total. The van der Waals surface area contributed by atoms with E-state index in [4.69, 9.17) is 5.73 Å². The van der Waals surface area contributed by atoms with E-state index in [1.54, 1.807) is 6.20 Å². The fourth-order valence-corrected chi connectivity index (χ4v) is 2.13. The van der Waals surface area contributed by atoms with Gasteiger partial charge in [-0.25, -0.2) is 9.97 Å². The lowest BCUT2D eigenvalue weighted by Crippen LogP contribution is -2.54. The minimum atomic E-state index is -0.552. The first-order chi connectivity index (χ1) is 9.04. The Bertz CT molecular complexity index is 435. The number of allylic oxidation sites excluding steroid dienone is 1. The van der Waals surface area contributed by atoms with Crippen molar-refractivity contribution in [2.75, 3.05) is 18.0 Å². The molecule has 104 valence electrons. The second-order valence-corrected chi connectivity index (χ2v) is 4.78. The first-order valence-corrected chi connectivity index (χ1v) is 6.52. The third-order valence-electron chi connectivity index (χ3n) is 3.00. The summed E-state index contributed by atoms with van der Waals surface area (Å²) in [6, 6.07) is 0. The zero-order valence-corrected chi connectivity index (χ0v) is 11.9. The number of amides is 1. The Morgan fingerprint density at radius 3 is 2.53 bits per heavy atom. The van der Waals surface area contributed by atoms with Gasteiger partial charge in [0, 0.05) is 18.5 Å². The van der Waals surface area contributed by atoms with Crippen LogP contribution < -0.4 is 10.6 Å². The van der Waals surface area contributed by atoms with Crippen molar-refractivity contribution in [2.24, 2.45) is 11.1 Å². The number of carbonyl (C=O) groups excluding carboxylic acids is 1. The van der Waals surface area contributed by atoms with Gasteiger partial charge in [-0.1, -0.05) is 26.8 Å². The number of nitrogens with two attached hydrogens (primary N) is 1. The number of rotatable bonds is 4. The molecule has 2 rings (SSSR count). The van der Waals surface area contributed by atoms with Crippen LogP contribution in [0.1, 0.15) is 37.7 Å². The van der Waals surface area contributed by atoms with Crippen LogP contribution in [0.2, 0.25) is 0 Å². The van der Waals surface area contributed by atoms with Crippen molar-refractivity contribution in [1.82, 2.24) is 9.97 Å². The van der Waals surface area contributed by atoms with E-state index in [1.165, 1.54) is 6.20 Å². The number of hydrogen-bond donors (Lipinski definition) is 1. The summed E-state index contributed by atoms with van der Waals surface area (Å²) >= 11 is 0. The van der Waals surface area contributed by atoms with E-state index in [0.29, 0.717) is 0 Å². The fraction of sp³-hybridized carbons (Fsp3) is 0.500. The Balaban J connectivity index is 0.000000861. The number of carbonyl (C=O) groups is 1. The Kier molecular flexibility index (Phi) is 5.03. The predicted molar refractivity (Wildman–Crippen MR) is 77.0 cm³/mol. The molecule has 2 heterocycles. The summed E-state index contributed by atoms with van der Waals surface area (Å²) in [4.78, 5) is 21.1. The highest BCUT2D eigenvalue weighted by Gasteiger charge is 2.38. The van der Waals surface area contributed by atoms with Crippen LogP contribution in [-0.4, -0.2) is 29.0 Å². The van der Waals surface area contributed by atoms with Crippen LogP contribution >= 0.6 is 0 Å². The Morgan fingerprint density at radius 2 is 2.11 bits per heavy atom. The number of anilines is 1. The van der Waals surface area contributed by atoms with Gasteiger partial charge in [0.25, 0.3) is 5.91 Å². The van der Waals surface area contributed by atoms with Crippen molar-refractivity contribution in [1.29, 1.82) is 0 Å². The molecule has 5 heteroatoms. The van der Waals surface area contributed by atoms with Gasteiger partial charge in [-0.2, -0.15) is 0 Å². The second kappa shape index (κ2) is 6.31. The molecule has 19 heavy (non-hydrogen) atoms. The van der Waals surface area contributed by atoms with Gasteiger partial charge >= 0.3 is 0 Å². The van der Waals surface area contributed by atoms with Gasteiger partial charge in [0.15, 0.2) is 0 Å². The molecule has 0 unspecified atom stereocenters. The molecule has 0 saturated carbocycles. The average molecular weight is 262 g/mol. The number of nitrogens with zero attached hydrogens (tertiary/aromatic N) is 3. The highest BCUT2D eigenvalue weighted by molar-refractivity contribution is 5.90. The lowest BCUT2D eigenvalue weighted by atomic mass is 9.79. The predicted octanol–water partition coefficient (Wildman–Crippen LogP) is 2.00. The molecular weight excluding hydrogens is 240 g/mol. The molecule has 1 aliphatic heterocycles. The summed E-state index contributed by atoms with van der Waals surface area (Å²) in [5.41, 5.74) is 5.58. The van der Waals surface area contributed by atoms with Crippen molar-refractivity contribution >= 4 is 11.7 Å². The lowest BCUT2D eigenvalue weighted by Gasteiger charge is -2.48. The highest BCUT2D eigenvalue weighted by Crippen LogP contribution is 2.35. The summed E-state index contributed by atoms with van der Waals surface area (Å²) in [6.07, 6.45) is 5.95. The molecule has 0 aliphatic carbocycles. The smallest absolute Gasteiger partial charge is 0.268 e. The van der Waals surface area contributed by atoms with Crippen LogP contribution in [0, 0.1) is 5.41 Å². The SMILES string of the molecule is C=CCC1(C)CN(c2cnc(C(N)=O)cn2)C1.CC. The molecule has 1 aromatic heterocycles. The topological polar surface area (TPSA) is 72.1 Å². The van der Waals surface area contributed by atoms with Crippen LogP contribution in [0.4, 0.5) is 5.82 Å². The molecule has 1 saturated heterocycles. The molecule has 0 radical (unpaired) electrons. The first kappa shape index (κ1) is 15.1. The molecule has 1 amide bonds. The van der Waals surface area contributed by atoms with Gasteiger partial charge in [-0.15, -0.1) is 6.58 Å². The molecule has 0 aromatic carbocycles. The molecule has 0 bridgehead atoms. The van der Waals surface area contributed by atoms with E-state index < -0.39 is 5.91 Å². The Labute approximate surface area is 114 Å². The fourth-order valence-electron chi connectivity index (χ4n) is 2.13. The maximum atomic E-state index is 10.8. The zero-order valence-electron chi connectivity index (χ0n) is 11.9. The van der Waals surface area contributed by atoms with Crippen molar-refractivity contribution in [2.45, 2.75) is 27.2 Å². The van der Waals surface area contributed by atoms with Gasteiger partial charge in [0.05, 0.1) is 12.4 Å². The second-order valence-electron chi connectivity index (χ2n) is 4.78. The largest absolute Gasteiger partial charge is 0.364 e. The molecule has 0 spiro atoms. The quantitative estimate of drug-likeness (QED) is 0.842. The Hall–Kier alpha value is -1.91. The summed E-state index contributed by atoms with van der Waals surface area (Å²) in [5, 5.41) is 0. The molecule has 1 fully saturated rings. The van der Waals surface area contributed by atoms with Gasteiger partial charge in [0.1, 0.15) is 11.5 Å². The van der Waals surface area contributed by atoms with Gasteiger partial charge < -0.3 is 10.6 Å². The van der Waals surface area contributed by atoms with Crippen LogP contribution in [0.3, 0.4) is 0 Å². The van der Waals surface area contributed by atoms with Gasteiger partial charge in [-0.3, -0.25) is 4.79 Å². The van der Waals surface area contributed by atoms with E-state index in [9.17, 15) is 4.79 Å². The van der Waals surface area contributed by atoms with E-state index in [1.807, 2.05) is 19.9 Å². The maximum absolute atomic E-state index is 10.8. The van der Waals surface area contributed by atoms with Crippen molar-refractivity contribution in [3.05, 3.63) is 30.7 Å². The monoisotopic (exact) mass is 262 g/mol. The third kappa shape index (κ3) is 3.53. The molecule has 5 nitrogen and oxygen atoms in total. The maximum Gasteiger partial charge on any atom is 0.268 e. The van der Waals surface area contributed by atoms with E-state index in [2.05, 4.69) is 28.4 Å². The van der Waals surface area contributed by atoms with Crippen LogP contribution in [0.25, 0.3) is 0 Å². The Morgan fingerprint density at radius 1 is 1.47 bits per heavy atom. The van der Waals surface area contributed by atoms with Crippen LogP contribution in [0.5, 0.6) is 0 Å². The van der Waals surface area contributed by atoms with E-state index in [-0.39, 0.29) is 11.1 Å². The molecule has 0 atom stereocenters. The first-order valence-electron chi connectivity index (χ1n) is 6.52. The standard InChI is InChI=1S/C12H16N4O.C2H6/c1-3-4-12(2)7-16(8-12)10-6-14-9(5-15-10)11(13)17;1-2/h3,5-6H,1,4,7-8H2,2H3,(H2,13,17);1-2H3. The molecular formula is C14H22N4O. The van der Waals surface area contributed by atoms with Crippen LogP contribution in [-0.2, 0) is 0 Å². The van der Waals surface area contributed by atoms with Crippen molar-refractivity contribution in [3.8, 4) is 0 Å².